The Morgan fingerprint density at radius 3 is 2.57 bits per heavy atom. The number of carbonyl (C=O) groups is 3. The Hall–Kier alpha value is -3.45. The van der Waals surface area contributed by atoms with E-state index in [1.807, 2.05) is 55.5 Å². The van der Waals surface area contributed by atoms with E-state index in [1.54, 1.807) is 6.20 Å². The lowest BCUT2D eigenvalue weighted by molar-refractivity contribution is -0.149. The molecule has 0 bridgehead atoms. The summed E-state index contributed by atoms with van der Waals surface area (Å²) in [5.41, 5.74) is 1.86. The Balaban J connectivity index is 1.65. The Morgan fingerprint density at radius 1 is 1.07 bits per heavy atom. The number of amides is 2. The van der Waals surface area contributed by atoms with Crippen molar-refractivity contribution in [3.05, 3.63) is 71.4 Å². The molecule has 0 radical (unpaired) electrons. The molecule has 0 aliphatic carbocycles. The lowest BCUT2D eigenvalue weighted by Gasteiger charge is -2.30. The maximum absolute atomic E-state index is 12.8. The molecular weight excluding hydrogens is 382 g/mol. The second-order valence-corrected chi connectivity index (χ2v) is 8.15. The third-order valence-electron chi connectivity index (χ3n) is 6.54. The summed E-state index contributed by atoms with van der Waals surface area (Å²) in [6.45, 7) is 1.92. The number of imide groups is 1. The third kappa shape index (κ3) is 2.52. The summed E-state index contributed by atoms with van der Waals surface area (Å²) in [6, 6.07) is 14.6. The van der Waals surface area contributed by atoms with Gasteiger partial charge in [-0.3, -0.25) is 25.0 Å². The van der Waals surface area contributed by atoms with E-state index in [4.69, 9.17) is 0 Å². The number of para-hydroxylation sites is 1. The van der Waals surface area contributed by atoms with Gasteiger partial charge in [-0.25, -0.2) is 0 Å². The van der Waals surface area contributed by atoms with Gasteiger partial charge in [-0.15, -0.1) is 0 Å². The number of fused-ring (bicyclic) bond motifs is 2. The van der Waals surface area contributed by atoms with Crippen molar-refractivity contribution in [3.8, 4) is 0 Å². The van der Waals surface area contributed by atoms with Crippen molar-refractivity contribution in [3.63, 3.8) is 0 Å². The molecule has 4 unspecified atom stereocenters. The van der Waals surface area contributed by atoms with E-state index in [1.165, 1.54) is 0 Å². The van der Waals surface area contributed by atoms with Crippen LogP contribution in [0.5, 0.6) is 0 Å². The van der Waals surface area contributed by atoms with Gasteiger partial charge in [-0.2, -0.15) is 0 Å². The first kappa shape index (κ1) is 18.6. The minimum absolute atomic E-state index is 0.0800. The van der Waals surface area contributed by atoms with Gasteiger partial charge in [0.1, 0.15) is 5.54 Å². The van der Waals surface area contributed by atoms with Gasteiger partial charge in [0.2, 0.25) is 11.8 Å². The average Bonchev–Trinajstić information content (AvgIpc) is 3.37. The van der Waals surface area contributed by atoms with Crippen LogP contribution in [-0.4, -0.2) is 33.4 Å². The largest absolute Gasteiger partial charge is 0.480 e. The van der Waals surface area contributed by atoms with Crippen molar-refractivity contribution in [2.45, 2.75) is 24.9 Å². The molecule has 4 atom stereocenters. The molecule has 7 nitrogen and oxygen atoms in total. The molecule has 2 amide bonds. The normalized spacial score (nSPS) is 28.0. The predicted octanol–water partition coefficient (Wildman–Crippen LogP) is 2.08. The number of hydrogen-bond donors (Lipinski definition) is 4. The van der Waals surface area contributed by atoms with Crippen molar-refractivity contribution in [1.82, 2.24) is 15.6 Å². The number of carboxylic acid groups (broad SMARTS) is 1. The van der Waals surface area contributed by atoms with Gasteiger partial charge in [0, 0.05) is 29.6 Å². The number of nitrogens with one attached hydrogen (secondary N) is 3. The molecule has 2 saturated heterocycles. The van der Waals surface area contributed by atoms with Crippen LogP contribution in [0.2, 0.25) is 0 Å². The molecule has 5 rings (SSSR count). The van der Waals surface area contributed by atoms with E-state index in [0.29, 0.717) is 0 Å². The molecule has 2 aromatic carbocycles. The van der Waals surface area contributed by atoms with Crippen LogP contribution in [0.3, 0.4) is 0 Å². The number of H-pyrrole nitrogens is 1. The molecule has 152 valence electrons. The highest BCUT2D eigenvalue weighted by atomic mass is 16.4. The van der Waals surface area contributed by atoms with E-state index in [0.717, 1.165) is 27.6 Å². The molecule has 4 N–H and O–H groups in total. The molecule has 2 fully saturated rings. The van der Waals surface area contributed by atoms with Crippen LogP contribution >= 0.6 is 0 Å². The molecule has 0 saturated carbocycles. The molecule has 2 aliphatic heterocycles. The number of rotatable bonds is 4. The van der Waals surface area contributed by atoms with Crippen LogP contribution in [0.4, 0.5) is 0 Å². The Bertz CT molecular complexity index is 1200. The Morgan fingerprint density at radius 2 is 1.80 bits per heavy atom. The van der Waals surface area contributed by atoms with Gasteiger partial charge in [-0.05, 0) is 29.7 Å². The van der Waals surface area contributed by atoms with Crippen molar-refractivity contribution in [1.29, 1.82) is 0 Å². The zero-order valence-electron chi connectivity index (χ0n) is 16.3. The standard InChI is InChI=1S/C23H21N3O4/c1-12-6-2-3-7-14(12)19-17-18(21(28)25-20(17)27)23(26-19,22(29)30)10-13-11-24-16-9-5-4-8-15(13)16/h2-9,11,17-19,24,26H,10H2,1H3,(H,29,30)(H,25,27,28). The van der Waals surface area contributed by atoms with E-state index in [2.05, 4.69) is 15.6 Å². The van der Waals surface area contributed by atoms with Gasteiger partial charge in [-0.1, -0.05) is 42.5 Å². The third-order valence-corrected chi connectivity index (χ3v) is 6.54. The van der Waals surface area contributed by atoms with Gasteiger partial charge in [0.15, 0.2) is 0 Å². The van der Waals surface area contributed by atoms with Crippen LogP contribution in [0, 0.1) is 18.8 Å². The lowest BCUT2D eigenvalue weighted by atomic mass is 9.76. The summed E-state index contributed by atoms with van der Waals surface area (Å²) < 4.78 is 0. The number of aromatic nitrogens is 1. The number of carboxylic acids is 1. The molecule has 1 aromatic heterocycles. The van der Waals surface area contributed by atoms with E-state index in [-0.39, 0.29) is 6.42 Å². The highest BCUT2D eigenvalue weighted by molar-refractivity contribution is 6.09. The number of aryl methyl sites for hydroxylation is 1. The summed E-state index contributed by atoms with van der Waals surface area (Å²) >= 11 is 0. The topological polar surface area (TPSA) is 111 Å². The highest BCUT2D eigenvalue weighted by Gasteiger charge is 2.66. The van der Waals surface area contributed by atoms with E-state index in [9.17, 15) is 19.5 Å². The van der Waals surface area contributed by atoms with Gasteiger partial charge in [0.25, 0.3) is 0 Å². The van der Waals surface area contributed by atoms with Gasteiger partial charge < -0.3 is 10.1 Å². The minimum atomic E-state index is -1.60. The first-order valence-electron chi connectivity index (χ1n) is 9.89. The highest BCUT2D eigenvalue weighted by Crippen LogP contribution is 2.48. The smallest absolute Gasteiger partial charge is 0.325 e. The predicted molar refractivity (Wildman–Crippen MR) is 110 cm³/mol. The number of aliphatic carboxylic acids is 1. The summed E-state index contributed by atoms with van der Waals surface area (Å²) in [6.07, 6.45) is 1.86. The summed E-state index contributed by atoms with van der Waals surface area (Å²) in [4.78, 5) is 41.4. The first-order valence-corrected chi connectivity index (χ1v) is 9.89. The minimum Gasteiger partial charge on any atom is -0.480 e. The van der Waals surface area contributed by atoms with Crippen molar-refractivity contribution in [2.75, 3.05) is 0 Å². The number of hydrogen-bond acceptors (Lipinski definition) is 4. The van der Waals surface area contributed by atoms with Crippen LogP contribution in [0.25, 0.3) is 10.9 Å². The van der Waals surface area contributed by atoms with Crippen LogP contribution in [0.15, 0.2) is 54.7 Å². The van der Waals surface area contributed by atoms with Crippen molar-refractivity contribution < 1.29 is 19.5 Å². The van der Waals surface area contributed by atoms with E-state index >= 15 is 0 Å². The fourth-order valence-corrected chi connectivity index (χ4v) is 5.14. The van der Waals surface area contributed by atoms with Gasteiger partial charge >= 0.3 is 5.97 Å². The fraction of sp³-hybridized carbons (Fsp3) is 0.261. The first-order chi connectivity index (χ1) is 14.4. The molecule has 3 aromatic rings. The van der Waals surface area contributed by atoms with Crippen LogP contribution in [0.1, 0.15) is 22.7 Å². The van der Waals surface area contributed by atoms with Crippen LogP contribution in [-0.2, 0) is 20.8 Å². The second-order valence-electron chi connectivity index (χ2n) is 8.15. The van der Waals surface area contributed by atoms with Crippen molar-refractivity contribution in [2.24, 2.45) is 11.8 Å². The van der Waals surface area contributed by atoms with Crippen LogP contribution < -0.4 is 10.6 Å². The molecule has 7 heteroatoms. The van der Waals surface area contributed by atoms with Crippen molar-refractivity contribution >= 4 is 28.7 Å². The maximum Gasteiger partial charge on any atom is 0.325 e. The lowest BCUT2D eigenvalue weighted by Crippen LogP contribution is -2.57. The molecule has 0 spiro atoms. The summed E-state index contributed by atoms with van der Waals surface area (Å²) in [7, 11) is 0. The molecule has 3 heterocycles. The summed E-state index contributed by atoms with van der Waals surface area (Å²) in [5, 5.41) is 16.9. The average molecular weight is 403 g/mol. The fourth-order valence-electron chi connectivity index (χ4n) is 5.14. The molecular formula is C23H21N3O4. The Labute approximate surface area is 172 Å². The monoisotopic (exact) mass is 403 g/mol. The quantitative estimate of drug-likeness (QED) is 0.499. The van der Waals surface area contributed by atoms with E-state index < -0.39 is 41.2 Å². The number of aromatic amines is 1. The SMILES string of the molecule is Cc1ccccc1C1NC(Cc2c[nH]c3ccccc23)(C(=O)O)C2C(=O)NC(=O)C12. The number of benzene rings is 2. The maximum atomic E-state index is 12.8. The van der Waals surface area contributed by atoms with Gasteiger partial charge in [0.05, 0.1) is 11.8 Å². The molecule has 2 aliphatic rings. The molecule has 30 heavy (non-hydrogen) atoms. The Kier molecular flexibility index (Phi) is 4.04. The number of carbonyl (C=O) groups excluding carboxylic acids is 2. The second kappa shape index (κ2) is 6.53. The summed E-state index contributed by atoms with van der Waals surface area (Å²) in [5.74, 6) is -3.87. The zero-order valence-corrected chi connectivity index (χ0v) is 16.3. The zero-order chi connectivity index (χ0) is 21.0.